The van der Waals surface area contributed by atoms with E-state index >= 15 is 4.39 Å². The lowest BCUT2D eigenvalue weighted by atomic mass is 9.99. The fourth-order valence-electron chi connectivity index (χ4n) is 3.10. The Kier molecular flexibility index (Phi) is 3.87. The van der Waals surface area contributed by atoms with Crippen LogP contribution in [0.2, 0.25) is 0 Å². The van der Waals surface area contributed by atoms with E-state index in [2.05, 4.69) is 5.32 Å². The first kappa shape index (κ1) is 15.0. The highest BCUT2D eigenvalue weighted by Gasteiger charge is 2.48. The molecule has 0 amide bonds. The summed E-state index contributed by atoms with van der Waals surface area (Å²) >= 11 is 0. The van der Waals surface area contributed by atoms with Gasteiger partial charge in [0.2, 0.25) is 0 Å². The molecule has 0 radical (unpaired) electrons. The molecule has 2 aromatic carbocycles. The number of rotatable bonds is 4. The largest absolute Gasteiger partial charge is 0.482 e. The Morgan fingerprint density at radius 1 is 1.27 bits per heavy atom. The molecule has 1 aliphatic carbocycles. The molecule has 1 aliphatic rings. The fourth-order valence-corrected chi connectivity index (χ4v) is 3.10. The van der Waals surface area contributed by atoms with E-state index in [0.29, 0.717) is 11.3 Å². The smallest absolute Gasteiger partial charge is 0.168 e. The van der Waals surface area contributed by atoms with Crippen LogP contribution in [0, 0.1) is 12.7 Å². The second-order valence-electron chi connectivity index (χ2n) is 5.85. The summed E-state index contributed by atoms with van der Waals surface area (Å²) in [6, 6.07) is 11.9. The number of benzene rings is 2. The van der Waals surface area contributed by atoms with Crippen LogP contribution in [-0.4, -0.2) is 19.3 Å². The third-order valence-electron chi connectivity index (χ3n) is 4.15. The fraction of sp³-hybridized carbons (Fsp3) is 0.333. The zero-order chi connectivity index (χ0) is 15.7. The summed E-state index contributed by atoms with van der Waals surface area (Å²) < 4.78 is 34.9. The second kappa shape index (κ2) is 5.69. The third-order valence-corrected chi connectivity index (χ3v) is 4.15. The van der Waals surface area contributed by atoms with Gasteiger partial charge >= 0.3 is 0 Å². The average molecular weight is 303 g/mol. The highest BCUT2D eigenvalue weighted by Crippen LogP contribution is 2.45. The van der Waals surface area contributed by atoms with E-state index in [0.717, 1.165) is 11.1 Å². The minimum absolute atomic E-state index is 0.150. The predicted molar refractivity (Wildman–Crippen MR) is 82.4 cm³/mol. The van der Waals surface area contributed by atoms with Gasteiger partial charge in [-0.1, -0.05) is 24.3 Å². The summed E-state index contributed by atoms with van der Waals surface area (Å²) in [5.41, 5.74) is 0.760. The predicted octanol–water partition coefficient (Wildman–Crippen LogP) is 3.74. The lowest BCUT2D eigenvalue weighted by molar-refractivity contribution is 0.0228. The average Bonchev–Trinajstić information content (AvgIpc) is 2.73. The Morgan fingerprint density at radius 2 is 2.05 bits per heavy atom. The lowest BCUT2D eigenvalue weighted by Gasteiger charge is -2.29. The van der Waals surface area contributed by atoms with Gasteiger partial charge in [0.1, 0.15) is 11.6 Å². The molecule has 2 nitrogen and oxygen atoms in total. The van der Waals surface area contributed by atoms with Gasteiger partial charge in [-0.05, 0) is 48.9 Å². The van der Waals surface area contributed by atoms with Crippen molar-refractivity contribution in [2.24, 2.45) is 0 Å². The first-order valence-electron chi connectivity index (χ1n) is 7.37. The van der Waals surface area contributed by atoms with Crippen molar-refractivity contribution in [3.63, 3.8) is 0 Å². The van der Waals surface area contributed by atoms with Gasteiger partial charge in [0.05, 0.1) is 0 Å². The van der Waals surface area contributed by atoms with Crippen LogP contribution in [0.1, 0.15) is 22.8 Å². The van der Waals surface area contributed by atoms with Gasteiger partial charge in [-0.25, -0.2) is 8.78 Å². The molecule has 0 heterocycles. The van der Waals surface area contributed by atoms with Crippen LogP contribution in [0.25, 0.3) is 0 Å². The molecule has 0 saturated heterocycles. The SMILES string of the molecule is CNCC1(F)Cc2cc(F)ccc2C1Oc1ccccc1C. The maximum absolute atomic E-state index is 15.4. The number of hydrogen-bond donors (Lipinski definition) is 1. The highest BCUT2D eigenvalue weighted by molar-refractivity contribution is 5.41. The number of ether oxygens (including phenoxy) is 1. The van der Waals surface area contributed by atoms with Gasteiger partial charge in [0.25, 0.3) is 0 Å². The monoisotopic (exact) mass is 303 g/mol. The highest BCUT2D eigenvalue weighted by atomic mass is 19.1. The molecule has 116 valence electrons. The van der Waals surface area contributed by atoms with E-state index in [1.54, 1.807) is 13.1 Å². The van der Waals surface area contributed by atoms with E-state index in [1.165, 1.54) is 12.1 Å². The van der Waals surface area contributed by atoms with E-state index in [4.69, 9.17) is 4.74 Å². The van der Waals surface area contributed by atoms with Gasteiger partial charge in [0, 0.05) is 13.0 Å². The molecular formula is C18H19F2NO. The van der Waals surface area contributed by atoms with Gasteiger partial charge < -0.3 is 10.1 Å². The van der Waals surface area contributed by atoms with E-state index < -0.39 is 11.8 Å². The van der Waals surface area contributed by atoms with Crippen molar-refractivity contribution < 1.29 is 13.5 Å². The van der Waals surface area contributed by atoms with Crippen LogP contribution in [-0.2, 0) is 6.42 Å². The molecule has 0 fully saturated rings. The zero-order valence-electron chi connectivity index (χ0n) is 12.7. The summed E-state index contributed by atoms with van der Waals surface area (Å²) in [6.45, 7) is 2.08. The number of para-hydroxylation sites is 1. The van der Waals surface area contributed by atoms with Crippen LogP contribution in [0.4, 0.5) is 8.78 Å². The summed E-state index contributed by atoms with van der Waals surface area (Å²) in [6.07, 6.45) is -0.589. The normalized spacial score (nSPS) is 23.4. The Balaban J connectivity index is 2.00. The molecule has 4 heteroatoms. The summed E-state index contributed by atoms with van der Waals surface area (Å²) in [5, 5.41) is 2.88. The van der Waals surface area contributed by atoms with E-state index in [-0.39, 0.29) is 18.8 Å². The quantitative estimate of drug-likeness (QED) is 0.929. The van der Waals surface area contributed by atoms with Gasteiger partial charge in [-0.15, -0.1) is 0 Å². The van der Waals surface area contributed by atoms with E-state index in [1.807, 2.05) is 31.2 Å². The maximum atomic E-state index is 15.4. The third kappa shape index (κ3) is 2.59. The van der Waals surface area contributed by atoms with Crippen LogP contribution >= 0.6 is 0 Å². The summed E-state index contributed by atoms with van der Waals surface area (Å²) in [5.74, 6) is 0.310. The zero-order valence-corrected chi connectivity index (χ0v) is 12.7. The second-order valence-corrected chi connectivity index (χ2v) is 5.85. The summed E-state index contributed by atoms with van der Waals surface area (Å²) in [7, 11) is 1.70. The van der Waals surface area contributed by atoms with Crippen molar-refractivity contribution in [1.29, 1.82) is 0 Å². The van der Waals surface area contributed by atoms with Gasteiger partial charge in [-0.3, -0.25) is 0 Å². The standard InChI is InChI=1S/C18H19F2NO/c1-12-5-3-4-6-16(12)22-17-15-8-7-14(19)9-13(15)10-18(17,20)11-21-2/h3-9,17,21H,10-11H2,1-2H3. The molecule has 22 heavy (non-hydrogen) atoms. The van der Waals surface area contributed by atoms with Crippen molar-refractivity contribution in [2.75, 3.05) is 13.6 Å². The van der Waals surface area contributed by atoms with Gasteiger partial charge in [-0.2, -0.15) is 0 Å². The van der Waals surface area contributed by atoms with Crippen LogP contribution in [0.3, 0.4) is 0 Å². The number of fused-ring (bicyclic) bond motifs is 1. The van der Waals surface area contributed by atoms with Crippen molar-refractivity contribution in [3.05, 3.63) is 65.0 Å². The Hall–Kier alpha value is -1.94. The topological polar surface area (TPSA) is 21.3 Å². The number of halogens is 2. The molecule has 2 unspecified atom stereocenters. The number of alkyl halides is 1. The molecule has 3 rings (SSSR count). The first-order chi connectivity index (χ1) is 10.5. The molecule has 1 N–H and O–H groups in total. The van der Waals surface area contributed by atoms with Crippen LogP contribution < -0.4 is 10.1 Å². The summed E-state index contributed by atoms with van der Waals surface area (Å²) in [4.78, 5) is 0. The molecular weight excluding hydrogens is 284 g/mol. The van der Waals surface area contributed by atoms with Crippen molar-refractivity contribution in [1.82, 2.24) is 5.32 Å². The van der Waals surface area contributed by atoms with Crippen molar-refractivity contribution >= 4 is 0 Å². The molecule has 0 spiro atoms. The maximum Gasteiger partial charge on any atom is 0.168 e. The van der Waals surface area contributed by atoms with Crippen molar-refractivity contribution in [3.8, 4) is 5.75 Å². The van der Waals surface area contributed by atoms with Gasteiger partial charge in [0.15, 0.2) is 11.8 Å². The lowest BCUT2D eigenvalue weighted by Crippen LogP contribution is -2.41. The molecule has 0 saturated carbocycles. The van der Waals surface area contributed by atoms with Crippen molar-refractivity contribution in [2.45, 2.75) is 25.1 Å². The number of aryl methyl sites for hydroxylation is 1. The number of hydrogen-bond acceptors (Lipinski definition) is 2. The first-order valence-corrected chi connectivity index (χ1v) is 7.37. The Labute approximate surface area is 129 Å². The Morgan fingerprint density at radius 3 is 2.77 bits per heavy atom. The van der Waals surface area contributed by atoms with E-state index in [9.17, 15) is 4.39 Å². The minimum Gasteiger partial charge on any atom is -0.482 e. The Bertz CT molecular complexity index is 689. The molecule has 0 aromatic heterocycles. The van der Waals surface area contributed by atoms with Crippen LogP contribution in [0.15, 0.2) is 42.5 Å². The minimum atomic E-state index is -1.59. The molecule has 2 aromatic rings. The molecule has 0 aliphatic heterocycles. The molecule has 0 bridgehead atoms. The van der Waals surface area contributed by atoms with Crippen LogP contribution in [0.5, 0.6) is 5.75 Å². The molecule has 2 atom stereocenters. The number of nitrogens with one attached hydrogen (secondary N) is 1.